The second-order valence-electron chi connectivity index (χ2n) is 10.6. The predicted molar refractivity (Wildman–Crippen MR) is 149 cm³/mol. The number of hydrogen-bond acceptors (Lipinski definition) is 10. The summed E-state index contributed by atoms with van der Waals surface area (Å²) in [5.74, 6) is 0.769. The van der Waals surface area contributed by atoms with E-state index in [0.29, 0.717) is 26.2 Å². The van der Waals surface area contributed by atoms with E-state index in [-0.39, 0.29) is 0 Å². The summed E-state index contributed by atoms with van der Waals surface area (Å²) in [4.78, 5) is 9.47. The van der Waals surface area contributed by atoms with Crippen LogP contribution < -0.4 is 25.6 Å². The Kier molecular flexibility index (Phi) is 12.2. The van der Waals surface area contributed by atoms with Gasteiger partial charge in [0.15, 0.2) is 0 Å². The van der Waals surface area contributed by atoms with E-state index in [4.69, 9.17) is 4.74 Å². The van der Waals surface area contributed by atoms with Gasteiger partial charge in [-0.2, -0.15) is 0 Å². The van der Waals surface area contributed by atoms with Crippen LogP contribution in [0.4, 0.5) is 5.69 Å². The van der Waals surface area contributed by atoms with Crippen molar-refractivity contribution in [3.63, 3.8) is 0 Å². The first kappa shape index (κ1) is 28.5. The Labute approximate surface area is 222 Å². The first-order valence-corrected chi connectivity index (χ1v) is 14.3. The van der Waals surface area contributed by atoms with Crippen LogP contribution in [-0.2, 0) is 0 Å². The summed E-state index contributed by atoms with van der Waals surface area (Å²) < 4.78 is 5.90. The third-order valence-electron chi connectivity index (χ3n) is 7.54. The van der Waals surface area contributed by atoms with Crippen LogP contribution >= 0.6 is 0 Å². The van der Waals surface area contributed by atoms with E-state index in [0.717, 1.165) is 109 Å². The number of rotatable bonds is 14. The van der Waals surface area contributed by atoms with E-state index in [1.54, 1.807) is 0 Å². The van der Waals surface area contributed by atoms with Crippen LogP contribution in [0.1, 0.15) is 6.42 Å². The molecule has 0 spiro atoms. The number of nitrogens with one attached hydrogen (secondary N) is 3. The Morgan fingerprint density at radius 1 is 0.730 bits per heavy atom. The monoisotopic (exact) mass is 519 g/mol. The summed E-state index contributed by atoms with van der Waals surface area (Å²) in [6, 6.07) is 8.14. The highest BCUT2D eigenvalue weighted by atomic mass is 16.5. The zero-order chi connectivity index (χ0) is 25.7. The van der Waals surface area contributed by atoms with E-state index in [1.165, 1.54) is 0 Å². The maximum Gasteiger partial charge on any atom is 0.119 e. The minimum Gasteiger partial charge on any atom is -0.491 e. The maximum absolute atomic E-state index is 10.9. The predicted octanol–water partition coefficient (Wildman–Crippen LogP) is -1.30. The van der Waals surface area contributed by atoms with Gasteiger partial charge in [-0.05, 0) is 37.2 Å². The van der Waals surface area contributed by atoms with Gasteiger partial charge in [-0.25, -0.2) is 0 Å². The van der Waals surface area contributed by atoms with E-state index in [1.807, 2.05) is 12.1 Å². The van der Waals surface area contributed by atoms with Crippen molar-refractivity contribution in [2.45, 2.75) is 18.6 Å². The zero-order valence-corrected chi connectivity index (χ0v) is 22.5. The molecular weight excluding hydrogens is 470 g/mol. The lowest BCUT2D eigenvalue weighted by Gasteiger charge is -2.33. The van der Waals surface area contributed by atoms with E-state index in [2.05, 4.69) is 47.7 Å². The van der Waals surface area contributed by atoms with E-state index >= 15 is 0 Å². The Bertz CT molecular complexity index is 738. The molecule has 3 aliphatic rings. The van der Waals surface area contributed by atoms with Gasteiger partial charge < -0.3 is 40.7 Å². The van der Waals surface area contributed by atoms with E-state index < -0.39 is 12.2 Å². The summed E-state index contributed by atoms with van der Waals surface area (Å²) in [7, 11) is 0. The molecule has 4 rings (SSSR count). The van der Waals surface area contributed by atoms with Crippen LogP contribution in [0.3, 0.4) is 0 Å². The number of anilines is 1. The van der Waals surface area contributed by atoms with Crippen molar-refractivity contribution in [1.29, 1.82) is 0 Å². The van der Waals surface area contributed by atoms with Gasteiger partial charge in [-0.1, -0.05) is 0 Å². The van der Waals surface area contributed by atoms with Crippen LogP contribution in [-0.4, -0.2) is 155 Å². The Morgan fingerprint density at radius 3 is 1.81 bits per heavy atom. The molecule has 10 nitrogen and oxygen atoms in total. The highest BCUT2D eigenvalue weighted by molar-refractivity contribution is 5.49. The minimum atomic E-state index is -0.501. The van der Waals surface area contributed by atoms with Gasteiger partial charge in [-0.15, -0.1) is 0 Å². The van der Waals surface area contributed by atoms with Gasteiger partial charge in [0, 0.05) is 110 Å². The molecule has 0 aliphatic carbocycles. The molecule has 0 amide bonds. The number of benzene rings is 1. The molecule has 37 heavy (non-hydrogen) atoms. The molecule has 5 N–H and O–H groups in total. The Hall–Kier alpha value is -1.50. The van der Waals surface area contributed by atoms with Gasteiger partial charge in [0.05, 0.1) is 6.10 Å². The van der Waals surface area contributed by atoms with Gasteiger partial charge in [0.25, 0.3) is 0 Å². The molecule has 210 valence electrons. The van der Waals surface area contributed by atoms with Gasteiger partial charge in [-0.3, -0.25) is 9.80 Å². The number of hydrogen-bond donors (Lipinski definition) is 5. The highest BCUT2D eigenvalue weighted by Crippen LogP contribution is 2.21. The van der Waals surface area contributed by atoms with Crippen LogP contribution in [0, 0.1) is 0 Å². The van der Waals surface area contributed by atoms with E-state index in [9.17, 15) is 10.2 Å². The largest absolute Gasteiger partial charge is 0.491 e. The second-order valence-corrected chi connectivity index (χ2v) is 10.6. The molecule has 1 aromatic carbocycles. The van der Waals surface area contributed by atoms with Crippen LogP contribution in [0.5, 0.6) is 5.75 Å². The average molecular weight is 520 g/mol. The maximum atomic E-state index is 10.9. The summed E-state index contributed by atoms with van der Waals surface area (Å²) in [6.45, 7) is 16.5. The molecule has 2 unspecified atom stereocenters. The summed E-state index contributed by atoms with van der Waals surface area (Å²) in [5, 5.41) is 31.5. The first-order valence-electron chi connectivity index (χ1n) is 14.3. The molecular formula is C27H49N7O3. The summed E-state index contributed by atoms with van der Waals surface area (Å²) in [6.07, 6.45) is 0.171. The fraction of sp³-hybridized carbons (Fsp3) is 0.778. The number of aliphatic hydroxyl groups is 2. The summed E-state index contributed by atoms with van der Waals surface area (Å²) >= 11 is 0. The summed E-state index contributed by atoms with van der Waals surface area (Å²) in [5.41, 5.74) is 1.10. The normalized spacial score (nSPS) is 22.0. The fourth-order valence-corrected chi connectivity index (χ4v) is 5.44. The average Bonchev–Trinajstić information content (AvgIpc) is 2.93. The number of piperazine rings is 3. The molecule has 0 aromatic heterocycles. The van der Waals surface area contributed by atoms with Crippen LogP contribution in [0.15, 0.2) is 24.3 Å². The molecule has 1 aromatic rings. The van der Waals surface area contributed by atoms with Crippen LogP contribution in [0.25, 0.3) is 0 Å². The molecule has 0 saturated carbocycles. The Morgan fingerprint density at radius 2 is 1.24 bits per heavy atom. The minimum absolute atomic E-state index is 0.293. The topological polar surface area (TPSA) is 98.7 Å². The van der Waals surface area contributed by atoms with Gasteiger partial charge in [0.2, 0.25) is 0 Å². The van der Waals surface area contributed by atoms with Crippen molar-refractivity contribution >= 4 is 5.69 Å². The SMILES string of the molecule is OC(COc1ccc(N(CCCN2CCNCC2)CC(O)CN2CCNCC2)cc1)CN1CCNCC1. The highest BCUT2D eigenvalue weighted by Gasteiger charge is 2.19. The molecule has 3 aliphatic heterocycles. The van der Waals surface area contributed by atoms with Crippen molar-refractivity contribution in [3.05, 3.63) is 24.3 Å². The molecule has 10 heteroatoms. The number of aliphatic hydroxyl groups excluding tert-OH is 2. The number of nitrogens with zero attached hydrogens (tertiary/aromatic N) is 4. The number of β-amino-alcohol motifs (C(OH)–C–C–N with tert-alkyl or cyclic N) is 2. The lowest BCUT2D eigenvalue weighted by Crippen LogP contribution is -2.48. The van der Waals surface area contributed by atoms with Gasteiger partial charge >= 0.3 is 0 Å². The lowest BCUT2D eigenvalue weighted by molar-refractivity contribution is 0.0641. The van der Waals surface area contributed by atoms with Crippen molar-refractivity contribution in [3.8, 4) is 5.75 Å². The lowest BCUT2D eigenvalue weighted by atomic mass is 10.2. The van der Waals surface area contributed by atoms with Crippen molar-refractivity contribution in [1.82, 2.24) is 30.7 Å². The third-order valence-corrected chi connectivity index (χ3v) is 7.54. The standard InChI is InChI=1S/C27H49N7O3/c35-25(20-32-16-8-29-9-17-32)22-34(13-1-12-31-14-6-28-7-15-31)24-2-4-27(5-3-24)37-23-26(36)21-33-18-10-30-11-19-33/h2-5,25-26,28-30,35-36H,1,6-23H2. The third kappa shape index (κ3) is 10.3. The first-order chi connectivity index (χ1) is 18.2. The molecule has 3 heterocycles. The fourth-order valence-electron chi connectivity index (χ4n) is 5.44. The smallest absolute Gasteiger partial charge is 0.119 e. The molecule has 3 fully saturated rings. The second kappa shape index (κ2) is 15.8. The Balaban J connectivity index is 1.27. The molecule has 0 radical (unpaired) electrons. The van der Waals surface area contributed by atoms with Crippen LogP contribution in [0.2, 0.25) is 0 Å². The molecule has 3 saturated heterocycles. The van der Waals surface area contributed by atoms with Gasteiger partial charge in [0.1, 0.15) is 18.5 Å². The van der Waals surface area contributed by atoms with Crippen molar-refractivity contribution < 1.29 is 14.9 Å². The zero-order valence-electron chi connectivity index (χ0n) is 22.5. The van der Waals surface area contributed by atoms with Crippen molar-refractivity contribution in [2.24, 2.45) is 0 Å². The molecule has 2 atom stereocenters. The number of ether oxygens (including phenoxy) is 1. The quantitative estimate of drug-likeness (QED) is 0.204. The molecule has 0 bridgehead atoms. The van der Waals surface area contributed by atoms with Crippen molar-refractivity contribution in [2.75, 3.05) is 123 Å².